The number of fused-ring (bicyclic) bond motifs is 1. The van der Waals surface area contributed by atoms with Crippen molar-refractivity contribution in [3.63, 3.8) is 0 Å². The summed E-state index contributed by atoms with van der Waals surface area (Å²) in [5.41, 5.74) is 2.07. The molecule has 8 heteroatoms. The van der Waals surface area contributed by atoms with Crippen molar-refractivity contribution >= 4 is 5.91 Å². The van der Waals surface area contributed by atoms with E-state index in [1.54, 1.807) is 29.6 Å². The fourth-order valence-corrected chi connectivity index (χ4v) is 3.84. The molecule has 0 radical (unpaired) electrons. The highest BCUT2D eigenvalue weighted by Crippen LogP contribution is 2.27. The lowest BCUT2D eigenvalue weighted by atomic mass is 9.99. The van der Waals surface area contributed by atoms with Crippen LogP contribution in [0, 0.1) is 23.7 Å². The monoisotopic (exact) mass is 465 g/mol. The quantitative estimate of drug-likeness (QED) is 0.629. The summed E-state index contributed by atoms with van der Waals surface area (Å²) in [6, 6.07) is 1.43. The Morgan fingerprint density at radius 2 is 2.00 bits per heavy atom. The van der Waals surface area contributed by atoms with Crippen molar-refractivity contribution in [2.24, 2.45) is 11.8 Å². The zero-order valence-electron chi connectivity index (χ0n) is 20.7. The molecule has 3 rings (SSSR count). The molecule has 8 nitrogen and oxygen atoms in total. The van der Waals surface area contributed by atoms with Crippen molar-refractivity contribution in [2.75, 3.05) is 26.7 Å². The van der Waals surface area contributed by atoms with Crippen molar-refractivity contribution in [3.05, 3.63) is 47.7 Å². The second-order valence-electron chi connectivity index (χ2n) is 9.54. The van der Waals surface area contributed by atoms with Crippen LogP contribution in [0.2, 0.25) is 0 Å². The van der Waals surface area contributed by atoms with Gasteiger partial charge < -0.3 is 14.7 Å². The predicted octanol–water partition coefficient (Wildman–Crippen LogP) is 2.62. The van der Waals surface area contributed by atoms with E-state index in [1.807, 2.05) is 14.0 Å². The maximum Gasteiger partial charge on any atom is 0.259 e. The Bertz CT molecular complexity index is 1020. The number of pyridine rings is 1. The van der Waals surface area contributed by atoms with Crippen LogP contribution in [0.15, 0.2) is 31.0 Å². The predicted molar refractivity (Wildman–Crippen MR) is 130 cm³/mol. The number of aliphatic hydroxyl groups excluding tert-OH is 1. The van der Waals surface area contributed by atoms with Crippen LogP contribution in [0.5, 0.6) is 5.88 Å². The molecule has 0 aliphatic carbocycles. The number of hydrogen-bond donors (Lipinski definition) is 1. The highest BCUT2D eigenvalue weighted by Gasteiger charge is 2.34. The van der Waals surface area contributed by atoms with Crippen LogP contribution in [0.25, 0.3) is 0 Å². The first-order valence-corrected chi connectivity index (χ1v) is 11.8. The Labute approximate surface area is 202 Å². The fourth-order valence-electron chi connectivity index (χ4n) is 3.84. The van der Waals surface area contributed by atoms with Gasteiger partial charge in [0.25, 0.3) is 5.91 Å². The number of carbonyl (C=O) groups is 1. The summed E-state index contributed by atoms with van der Waals surface area (Å²) in [6.07, 6.45) is 7.34. The van der Waals surface area contributed by atoms with Crippen LogP contribution >= 0.6 is 0 Å². The first-order valence-electron chi connectivity index (χ1n) is 11.8. The third-order valence-electron chi connectivity index (χ3n) is 5.82. The number of amides is 1. The molecule has 1 aliphatic rings. The molecule has 1 N–H and O–H groups in total. The second-order valence-corrected chi connectivity index (χ2v) is 9.54. The molecule has 0 fully saturated rings. The average molecular weight is 466 g/mol. The highest BCUT2D eigenvalue weighted by molar-refractivity contribution is 5.97. The van der Waals surface area contributed by atoms with Crippen LogP contribution in [0.3, 0.4) is 0 Å². The maximum atomic E-state index is 13.5. The zero-order valence-corrected chi connectivity index (χ0v) is 20.7. The third-order valence-corrected chi connectivity index (χ3v) is 5.82. The number of nitrogens with zero attached hydrogens (tertiary/aromatic N) is 5. The van der Waals surface area contributed by atoms with Crippen molar-refractivity contribution in [1.82, 2.24) is 24.8 Å². The minimum atomic E-state index is -0.323. The summed E-state index contributed by atoms with van der Waals surface area (Å²) in [6.45, 7) is 9.79. The number of rotatable bonds is 7. The third kappa shape index (κ3) is 6.75. The van der Waals surface area contributed by atoms with Gasteiger partial charge in [0.1, 0.15) is 18.0 Å². The lowest BCUT2D eigenvalue weighted by Gasteiger charge is -2.37. The summed E-state index contributed by atoms with van der Waals surface area (Å²) in [5, 5.41) is 9.82. The zero-order chi connectivity index (χ0) is 24.7. The Morgan fingerprint density at radius 1 is 1.26 bits per heavy atom. The highest BCUT2D eigenvalue weighted by atomic mass is 16.5. The van der Waals surface area contributed by atoms with Gasteiger partial charge in [-0.1, -0.05) is 32.6 Å². The van der Waals surface area contributed by atoms with E-state index in [9.17, 15) is 9.90 Å². The largest absolute Gasteiger partial charge is 0.472 e. The number of likely N-dealkylation sites (N-methyl/N-ethyl adjacent to an activating group) is 1. The molecule has 2 aromatic rings. The van der Waals surface area contributed by atoms with Crippen LogP contribution in [0.1, 0.15) is 55.6 Å². The van der Waals surface area contributed by atoms with E-state index in [4.69, 9.17) is 4.74 Å². The van der Waals surface area contributed by atoms with Crippen molar-refractivity contribution in [1.29, 1.82) is 0 Å². The summed E-state index contributed by atoms with van der Waals surface area (Å²) in [5.74, 6) is 6.86. The van der Waals surface area contributed by atoms with Crippen molar-refractivity contribution in [2.45, 2.75) is 52.8 Å². The van der Waals surface area contributed by atoms with E-state index in [-0.39, 0.29) is 30.6 Å². The molecule has 1 aliphatic heterocycles. The summed E-state index contributed by atoms with van der Waals surface area (Å²) < 4.78 is 6.35. The normalized spacial score (nSPS) is 19.1. The molecule has 3 heterocycles. The van der Waals surface area contributed by atoms with Gasteiger partial charge in [0.05, 0.1) is 12.6 Å². The van der Waals surface area contributed by atoms with Gasteiger partial charge in [-0.15, -0.1) is 0 Å². The molecule has 0 saturated carbocycles. The van der Waals surface area contributed by atoms with E-state index < -0.39 is 0 Å². The van der Waals surface area contributed by atoms with Gasteiger partial charge in [-0.05, 0) is 26.0 Å². The fraction of sp³-hybridized carbons (Fsp3) is 0.538. The van der Waals surface area contributed by atoms with E-state index in [0.717, 1.165) is 12.0 Å². The Kier molecular flexibility index (Phi) is 8.97. The van der Waals surface area contributed by atoms with Crippen LogP contribution in [-0.2, 0) is 6.54 Å². The first kappa shape index (κ1) is 25.6. The Balaban J connectivity index is 1.89. The van der Waals surface area contributed by atoms with E-state index >= 15 is 0 Å². The van der Waals surface area contributed by atoms with Crippen LogP contribution < -0.4 is 4.74 Å². The topological polar surface area (TPSA) is 91.7 Å². The molecule has 3 atom stereocenters. The van der Waals surface area contributed by atoms with Gasteiger partial charge in [-0.2, -0.15) is 0 Å². The van der Waals surface area contributed by atoms with Gasteiger partial charge in [-0.25, -0.2) is 15.0 Å². The van der Waals surface area contributed by atoms with Gasteiger partial charge in [0, 0.05) is 61.7 Å². The molecular weight excluding hydrogens is 430 g/mol. The molecule has 0 aromatic carbocycles. The average Bonchev–Trinajstić information content (AvgIpc) is 2.81. The van der Waals surface area contributed by atoms with Gasteiger partial charge in [-0.3, -0.25) is 9.69 Å². The smallest absolute Gasteiger partial charge is 0.259 e. The van der Waals surface area contributed by atoms with Crippen molar-refractivity contribution in [3.8, 4) is 17.7 Å². The van der Waals surface area contributed by atoms with E-state index in [0.29, 0.717) is 42.6 Å². The van der Waals surface area contributed by atoms with Crippen LogP contribution in [-0.4, -0.2) is 74.7 Å². The molecule has 2 aromatic heterocycles. The molecule has 34 heavy (non-hydrogen) atoms. The molecule has 0 bridgehead atoms. The van der Waals surface area contributed by atoms with Crippen molar-refractivity contribution < 1.29 is 14.6 Å². The SMILES string of the molecule is CC(C)CC#Cc1cnc2c(c1)C(=O)N([C@@H](C)CO)C[C@@H](C)[C@H](CN(C)Cc1cncnc1)O2. The molecule has 1 amide bonds. The number of aliphatic hydroxyl groups is 1. The van der Waals surface area contributed by atoms with E-state index in [2.05, 4.69) is 52.5 Å². The number of aromatic nitrogens is 3. The molecule has 182 valence electrons. The Morgan fingerprint density at radius 3 is 2.68 bits per heavy atom. The van der Waals surface area contributed by atoms with Gasteiger partial charge >= 0.3 is 0 Å². The minimum absolute atomic E-state index is 0.0212. The summed E-state index contributed by atoms with van der Waals surface area (Å²) in [7, 11) is 2.02. The van der Waals surface area contributed by atoms with Gasteiger partial charge in [0.15, 0.2) is 0 Å². The maximum absolute atomic E-state index is 13.5. The summed E-state index contributed by atoms with van der Waals surface area (Å²) >= 11 is 0. The lowest BCUT2D eigenvalue weighted by molar-refractivity contribution is 0.0325. The molecule has 0 saturated heterocycles. The molecular formula is C26H35N5O3. The summed E-state index contributed by atoms with van der Waals surface area (Å²) in [4.78, 5) is 30.0. The number of carbonyl (C=O) groups excluding carboxylic acids is 1. The van der Waals surface area contributed by atoms with E-state index in [1.165, 1.54) is 6.33 Å². The Hall–Kier alpha value is -3.02. The van der Waals surface area contributed by atoms with Gasteiger partial charge in [0.2, 0.25) is 5.88 Å². The standard InChI is InChI=1S/C26H35N5O3/c1-18(2)7-6-8-21-9-23-25(29-12-21)34-24(15-30(5)14-22-10-27-17-28-11-22)19(3)13-31(26(23)33)20(4)16-32/h9-12,17-20,24,32H,7,13-16H2,1-5H3/t19-,20+,24+/m1/s1. The second kappa shape index (κ2) is 11.9. The van der Waals surface area contributed by atoms with Crippen LogP contribution in [0.4, 0.5) is 0 Å². The number of ether oxygens (including phenoxy) is 1. The molecule has 0 spiro atoms. The molecule has 0 unspecified atom stereocenters. The minimum Gasteiger partial charge on any atom is -0.472 e. The number of hydrogen-bond acceptors (Lipinski definition) is 7. The lowest BCUT2D eigenvalue weighted by Crippen LogP contribution is -2.49. The first-order chi connectivity index (χ1) is 16.3.